The Hall–Kier alpha value is -3.19. The lowest BCUT2D eigenvalue weighted by atomic mass is 10.1. The Bertz CT molecular complexity index is 1260. The zero-order valence-corrected chi connectivity index (χ0v) is 16.4. The molecule has 2 aromatic carbocycles. The number of amides is 1. The number of carbonyl (C=O) groups is 1. The van der Waals surface area contributed by atoms with E-state index in [2.05, 4.69) is 10.3 Å². The first-order valence-corrected chi connectivity index (χ1v) is 9.64. The second-order valence-electron chi connectivity index (χ2n) is 6.75. The van der Waals surface area contributed by atoms with Crippen molar-refractivity contribution < 1.29 is 13.9 Å². The molecular weight excluding hydrogens is 376 g/mol. The van der Waals surface area contributed by atoms with Crippen LogP contribution in [-0.4, -0.2) is 17.0 Å². The molecule has 28 heavy (non-hydrogen) atoms. The number of ether oxygens (including phenoxy) is 1. The maximum atomic E-state index is 12.8. The average molecular weight is 394 g/mol. The minimum atomic E-state index is -0.598. The Morgan fingerprint density at radius 2 is 2.00 bits per heavy atom. The molecule has 7 heteroatoms. The van der Waals surface area contributed by atoms with E-state index in [1.807, 2.05) is 39.0 Å². The van der Waals surface area contributed by atoms with E-state index >= 15 is 0 Å². The predicted molar refractivity (Wildman–Crippen MR) is 111 cm³/mol. The summed E-state index contributed by atoms with van der Waals surface area (Å²) in [4.78, 5) is 29.2. The van der Waals surface area contributed by atoms with Gasteiger partial charge in [0, 0.05) is 17.5 Å². The molecule has 2 aromatic heterocycles. The van der Waals surface area contributed by atoms with Gasteiger partial charge in [0.1, 0.15) is 11.3 Å². The number of hydrogen-bond acceptors (Lipinski definition) is 6. The Labute approximate surface area is 164 Å². The highest BCUT2D eigenvalue weighted by Gasteiger charge is 2.16. The summed E-state index contributed by atoms with van der Waals surface area (Å²) in [6, 6.07) is 12.2. The summed E-state index contributed by atoms with van der Waals surface area (Å²) in [7, 11) is 0. The quantitative estimate of drug-likeness (QED) is 0.505. The highest BCUT2D eigenvalue weighted by Crippen LogP contribution is 2.28. The molecule has 1 N–H and O–H groups in total. The molecule has 0 aliphatic heterocycles. The van der Waals surface area contributed by atoms with Gasteiger partial charge in [-0.3, -0.25) is 10.1 Å². The Kier molecular flexibility index (Phi) is 4.60. The van der Waals surface area contributed by atoms with E-state index in [9.17, 15) is 9.59 Å². The number of benzene rings is 2. The van der Waals surface area contributed by atoms with Crippen molar-refractivity contribution in [3.05, 3.63) is 64.0 Å². The number of hydrogen-bond donors (Lipinski definition) is 1. The van der Waals surface area contributed by atoms with Crippen LogP contribution in [0.25, 0.3) is 21.2 Å². The maximum Gasteiger partial charge on any atom is 0.337 e. The summed E-state index contributed by atoms with van der Waals surface area (Å²) in [5, 5.41) is 3.80. The summed E-state index contributed by atoms with van der Waals surface area (Å²) in [6.45, 7) is 5.82. The highest BCUT2D eigenvalue weighted by atomic mass is 32.1. The van der Waals surface area contributed by atoms with Crippen molar-refractivity contribution >= 4 is 43.6 Å². The number of thiazole rings is 1. The lowest BCUT2D eigenvalue weighted by molar-refractivity contribution is 0.102. The Balaban J connectivity index is 1.70. The minimum Gasteiger partial charge on any atom is -0.491 e. The van der Waals surface area contributed by atoms with Crippen LogP contribution in [0.5, 0.6) is 5.75 Å². The van der Waals surface area contributed by atoms with Gasteiger partial charge in [-0.1, -0.05) is 17.4 Å². The molecule has 4 aromatic rings. The summed E-state index contributed by atoms with van der Waals surface area (Å²) >= 11 is 1.39. The molecule has 0 fully saturated rings. The normalized spacial score (nSPS) is 11.3. The summed E-state index contributed by atoms with van der Waals surface area (Å²) < 4.78 is 11.9. The summed E-state index contributed by atoms with van der Waals surface area (Å²) in [5.41, 5.74) is 1.88. The third-order valence-corrected chi connectivity index (χ3v) is 5.03. The molecule has 4 rings (SSSR count). The fourth-order valence-corrected chi connectivity index (χ4v) is 3.89. The largest absolute Gasteiger partial charge is 0.491 e. The molecule has 142 valence electrons. The topological polar surface area (TPSA) is 81.4 Å². The van der Waals surface area contributed by atoms with Crippen LogP contribution in [0.2, 0.25) is 0 Å². The van der Waals surface area contributed by atoms with Crippen LogP contribution in [0.4, 0.5) is 5.13 Å². The molecule has 0 aliphatic rings. The number of carbonyl (C=O) groups excluding carboxylic acids is 1. The number of anilines is 1. The first-order valence-electron chi connectivity index (χ1n) is 8.82. The SMILES string of the molecule is Cc1ccc2nc(NC(=O)c3cc(=O)oc4cc(OC(C)C)ccc34)sc2c1. The summed E-state index contributed by atoms with van der Waals surface area (Å²) in [5.74, 6) is 0.163. The second kappa shape index (κ2) is 7.09. The van der Waals surface area contributed by atoms with Crippen LogP contribution >= 0.6 is 11.3 Å². The Morgan fingerprint density at radius 1 is 1.18 bits per heavy atom. The molecule has 1 amide bonds. The first-order chi connectivity index (χ1) is 13.4. The molecule has 2 heterocycles. The lowest BCUT2D eigenvalue weighted by Crippen LogP contribution is -2.15. The van der Waals surface area contributed by atoms with Crippen molar-refractivity contribution in [2.45, 2.75) is 26.9 Å². The molecule has 0 spiro atoms. The third-order valence-electron chi connectivity index (χ3n) is 4.10. The smallest absolute Gasteiger partial charge is 0.337 e. The van der Waals surface area contributed by atoms with Gasteiger partial charge in [-0.15, -0.1) is 0 Å². The standard InChI is InChI=1S/C21H18N2O4S/c1-11(2)26-13-5-6-14-15(10-19(24)27-17(14)9-13)20(25)23-21-22-16-7-4-12(3)8-18(16)28-21/h4-11H,1-3H3,(H,22,23,25). The van der Waals surface area contributed by atoms with Crippen molar-refractivity contribution in [3.8, 4) is 5.75 Å². The average Bonchev–Trinajstić information content (AvgIpc) is 3.01. The number of nitrogens with one attached hydrogen (secondary N) is 1. The van der Waals surface area contributed by atoms with Gasteiger partial charge in [-0.05, 0) is 50.6 Å². The van der Waals surface area contributed by atoms with E-state index in [0.29, 0.717) is 21.9 Å². The fraction of sp³-hybridized carbons (Fsp3) is 0.190. The van der Waals surface area contributed by atoms with E-state index in [1.165, 1.54) is 17.4 Å². The van der Waals surface area contributed by atoms with E-state index < -0.39 is 11.5 Å². The Morgan fingerprint density at radius 3 is 2.79 bits per heavy atom. The molecular formula is C21H18N2O4S. The molecule has 0 saturated heterocycles. The lowest BCUT2D eigenvalue weighted by Gasteiger charge is -2.11. The van der Waals surface area contributed by atoms with E-state index in [1.54, 1.807) is 18.2 Å². The molecule has 0 atom stereocenters. The molecule has 6 nitrogen and oxygen atoms in total. The van der Waals surface area contributed by atoms with E-state index in [-0.39, 0.29) is 11.7 Å². The first kappa shape index (κ1) is 18.2. The minimum absolute atomic E-state index is 0.0154. The molecule has 0 bridgehead atoms. The second-order valence-corrected chi connectivity index (χ2v) is 7.78. The predicted octanol–water partition coefficient (Wildman–Crippen LogP) is 4.75. The molecule has 0 aliphatic carbocycles. The van der Waals surface area contributed by atoms with Gasteiger partial charge in [0.05, 0.1) is 21.9 Å². The van der Waals surface area contributed by atoms with E-state index in [0.717, 1.165) is 15.8 Å². The van der Waals surface area contributed by atoms with Gasteiger partial charge < -0.3 is 9.15 Å². The molecule has 0 saturated carbocycles. The van der Waals surface area contributed by atoms with Gasteiger partial charge in [0.25, 0.3) is 5.91 Å². The van der Waals surface area contributed by atoms with Crippen molar-refractivity contribution in [1.29, 1.82) is 0 Å². The van der Waals surface area contributed by atoms with Crippen LogP contribution in [0.1, 0.15) is 29.8 Å². The van der Waals surface area contributed by atoms with E-state index in [4.69, 9.17) is 9.15 Å². The number of aromatic nitrogens is 1. The number of rotatable bonds is 4. The van der Waals surface area contributed by atoms with Gasteiger partial charge >= 0.3 is 5.63 Å². The number of fused-ring (bicyclic) bond motifs is 2. The molecule has 0 radical (unpaired) electrons. The van der Waals surface area contributed by atoms with Crippen LogP contribution in [0.3, 0.4) is 0 Å². The van der Waals surface area contributed by atoms with Gasteiger partial charge in [-0.2, -0.15) is 0 Å². The number of aryl methyl sites for hydroxylation is 1. The molecule has 0 unspecified atom stereocenters. The van der Waals surface area contributed by atoms with Crippen LogP contribution < -0.4 is 15.7 Å². The van der Waals surface area contributed by atoms with Crippen molar-refractivity contribution in [1.82, 2.24) is 4.98 Å². The summed E-state index contributed by atoms with van der Waals surface area (Å²) in [6.07, 6.45) is -0.0154. The van der Waals surface area contributed by atoms with Gasteiger partial charge in [-0.25, -0.2) is 9.78 Å². The zero-order valence-electron chi connectivity index (χ0n) is 15.6. The van der Waals surface area contributed by atoms with Crippen molar-refractivity contribution in [2.75, 3.05) is 5.32 Å². The van der Waals surface area contributed by atoms with Gasteiger partial charge in [0.2, 0.25) is 0 Å². The van der Waals surface area contributed by atoms with Crippen molar-refractivity contribution in [3.63, 3.8) is 0 Å². The van der Waals surface area contributed by atoms with Crippen molar-refractivity contribution in [2.24, 2.45) is 0 Å². The maximum absolute atomic E-state index is 12.8. The monoisotopic (exact) mass is 394 g/mol. The van der Waals surface area contributed by atoms with Gasteiger partial charge in [0.15, 0.2) is 5.13 Å². The zero-order chi connectivity index (χ0) is 19.8. The highest BCUT2D eigenvalue weighted by molar-refractivity contribution is 7.22. The number of nitrogens with zero attached hydrogens (tertiary/aromatic N) is 1. The third kappa shape index (κ3) is 3.61. The van der Waals surface area contributed by atoms with Crippen LogP contribution in [-0.2, 0) is 0 Å². The van der Waals surface area contributed by atoms with Crippen LogP contribution in [0, 0.1) is 6.92 Å². The van der Waals surface area contributed by atoms with Crippen LogP contribution in [0.15, 0.2) is 51.7 Å². The fourth-order valence-electron chi connectivity index (χ4n) is 2.93.